The maximum absolute atomic E-state index is 12.4. The lowest BCUT2D eigenvalue weighted by atomic mass is 9.92. The van der Waals surface area contributed by atoms with Gasteiger partial charge in [-0.25, -0.2) is 0 Å². The Kier molecular flexibility index (Phi) is 3.38. The standard InChI is InChI=1S/C17H16ClNO2/c1-9-7-13-14(20)8-15(11-3-5-12(18)6-4-11)21-17(13)16(19)10(9)2/h3-7,15H,8,19H2,1-2H3. The van der Waals surface area contributed by atoms with Crippen molar-refractivity contribution >= 4 is 23.1 Å². The second-order valence-electron chi connectivity index (χ2n) is 5.39. The van der Waals surface area contributed by atoms with E-state index in [1.807, 2.05) is 32.0 Å². The summed E-state index contributed by atoms with van der Waals surface area (Å²) >= 11 is 5.90. The smallest absolute Gasteiger partial charge is 0.170 e. The van der Waals surface area contributed by atoms with Gasteiger partial charge in [0.05, 0.1) is 17.7 Å². The molecule has 0 spiro atoms. The molecule has 21 heavy (non-hydrogen) atoms. The monoisotopic (exact) mass is 301 g/mol. The summed E-state index contributed by atoms with van der Waals surface area (Å²) in [6.07, 6.45) is 0.00278. The van der Waals surface area contributed by atoms with Crippen LogP contribution < -0.4 is 10.5 Å². The number of aryl methyl sites for hydroxylation is 1. The van der Waals surface area contributed by atoms with Gasteiger partial charge in [0.15, 0.2) is 11.5 Å². The van der Waals surface area contributed by atoms with Gasteiger partial charge in [-0.15, -0.1) is 0 Å². The van der Waals surface area contributed by atoms with Crippen molar-refractivity contribution in [1.29, 1.82) is 0 Å². The van der Waals surface area contributed by atoms with Gasteiger partial charge in [0, 0.05) is 5.02 Å². The number of ether oxygens (including phenoxy) is 1. The summed E-state index contributed by atoms with van der Waals surface area (Å²) in [7, 11) is 0. The fraction of sp³-hybridized carbons (Fsp3) is 0.235. The third-order valence-corrected chi connectivity index (χ3v) is 4.27. The van der Waals surface area contributed by atoms with Crippen LogP contribution in [0.25, 0.3) is 0 Å². The minimum absolute atomic E-state index is 0.0611. The molecule has 1 atom stereocenters. The molecule has 2 aromatic carbocycles. The van der Waals surface area contributed by atoms with Gasteiger partial charge in [-0.05, 0) is 48.7 Å². The summed E-state index contributed by atoms with van der Waals surface area (Å²) in [4.78, 5) is 12.4. The zero-order chi connectivity index (χ0) is 15.1. The molecule has 0 amide bonds. The van der Waals surface area contributed by atoms with Crippen LogP contribution >= 0.6 is 11.6 Å². The minimum Gasteiger partial charge on any atom is -0.482 e. The van der Waals surface area contributed by atoms with Crippen LogP contribution in [0.3, 0.4) is 0 Å². The van der Waals surface area contributed by atoms with E-state index in [1.54, 1.807) is 12.1 Å². The summed E-state index contributed by atoms with van der Waals surface area (Å²) in [5.74, 6) is 0.570. The normalized spacial score (nSPS) is 17.3. The number of hydrogen-bond acceptors (Lipinski definition) is 3. The lowest BCUT2D eigenvalue weighted by molar-refractivity contribution is 0.0851. The third kappa shape index (κ3) is 2.38. The molecule has 0 aromatic heterocycles. The molecular formula is C17H16ClNO2. The Balaban J connectivity index is 2.04. The topological polar surface area (TPSA) is 52.3 Å². The number of fused-ring (bicyclic) bond motifs is 1. The predicted molar refractivity (Wildman–Crippen MR) is 84.1 cm³/mol. The minimum atomic E-state index is -0.313. The van der Waals surface area contributed by atoms with Crippen molar-refractivity contribution in [2.24, 2.45) is 0 Å². The maximum Gasteiger partial charge on any atom is 0.170 e. The average molecular weight is 302 g/mol. The van der Waals surface area contributed by atoms with Crippen LogP contribution in [-0.4, -0.2) is 5.78 Å². The van der Waals surface area contributed by atoms with Crippen molar-refractivity contribution in [3.63, 3.8) is 0 Å². The molecule has 0 saturated heterocycles. The SMILES string of the molecule is Cc1cc2c(c(N)c1C)OC(c1ccc(Cl)cc1)CC2=O. The summed E-state index contributed by atoms with van der Waals surface area (Å²) in [5, 5.41) is 0.660. The van der Waals surface area contributed by atoms with E-state index in [0.29, 0.717) is 28.4 Å². The second kappa shape index (κ2) is 5.08. The number of benzene rings is 2. The molecular weight excluding hydrogens is 286 g/mol. The lowest BCUT2D eigenvalue weighted by Crippen LogP contribution is -2.22. The fourth-order valence-corrected chi connectivity index (χ4v) is 2.70. The summed E-state index contributed by atoms with van der Waals surface area (Å²) in [6.45, 7) is 3.88. The van der Waals surface area contributed by atoms with E-state index in [9.17, 15) is 4.79 Å². The molecule has 0 aliphatic carbocycles. The number of rotatable bonds is 1. The van der Waals surface area contributed by atoms with Crippen molar-refractivity contribution < 1.29 is 9.53 Å². The zero-order valence-corrected chi connectivity index (χ0v) is 12.7. The van der Waals surface area contributed by atoms with Gasteiger partial charge in [0.1, 0.15) is 6.10 Å². The number of carbonyl (C=O) groups is 1. The molecule has 1 aliphatic heterocycles. The largest absolute Gasteiger partial charge is 0.482 e. The predicted octanol–water partition coefficient (Wildman–Crippen LogP) is 4.25. The lowest BCUT2D eigenvalue weighted by Gasteiger charge is -2.28. The number of halogens is 1. The Labute approximate surface area is 128 Å². The van der Waals surface area contributed by atoms with Gasteiger partial charge in [0.2, 0.25) is 0 Å². The van der Waals surface area contributed by atoms with E-state index in [2.05, 4.69) is 0 Å². The Hall–Kier alpha value is -2.00. The number of ketones is 1. The van der Waals surface area contributed by atoms with Crippen LogP contribution in [0.5, 0.6) is 5.75 Å². The highest BCUT2D eigenvalue weighted by atomic mass is 35.5. The number of anilines is 1. The van der Waals surface area contributed by atoms with Crippen molar-refractivity contribution in [1.82, 2.24) is 0 Å². The Morgan fingerprint density at radius 3 is 2.57 bits per heavy atom. The first-order valence-electron chi connectivity index (χ1n) is 6.82. The van der Waals surface area contributed by atoms with Crippen molar-refractivity contribution in [3.05, 3.63) is 57.6 Å². The van der Waals surface area contributed by atoms with Gasteiger partial charge in [-0.2, -0.15) is 0 Å². The number of nitrogen functional groups attached to an aromatic ring is 1. The molecule has 3 rings (SSSR count). The number of hydrogen-bond donors (Lipinski definition) is 1. The highest BCUT2D eigenvalue weighted by Gasteiger charge is 2.30. The Morgan fingerprint density at radius 1 is 1.24 bits per heavy atom. The van der Waals surface area contributed by atoms with Crippen LogP contribution in [-0.2, 0) is 0 Å². The van der Waals surface area contributed by atoms with Crippen LogP contribution in [0.2, 0.25) is 5.02 Å². The van der Waals surface area contributed by atoms with Gasteiger partial charge in [-0.1, -0.05) is 23.7 Å². The van der Waals surface area contributed by atoms with Crippen LogP contribution in [0, 0.1) is 13.8 Å². The number of nitrogens with two attached hydrogens (primary N) is 1. The highest BCUT2D eigenvalue weighted by molar-refractivity contribution is 6.30. The van der Waals surface area contributed by atoms with Gasteiger partial charge < -0.3 is 10.5 Å². The van der Waals surface area contributed by atoms with Crippen LogP contribution in [0.15, 0.2) is 30.3 Å². The number of carbonyl (C=O) groups excluding carboxylic acids is 1. The molecule has 0 bridgehead atoms. The zero-order valence-electron chi connectivity index (χ0n) is 11.9. The average Bonchev–Trinajstić information content (AvgIpc) is 2.47. The Morgan fingerprint density at radius 2 is 1.90 bits per heavy atom. The molecule has 1 heterocycles. The van der Waals surface area contributed by atoms with Crippen molar-refractivity contribution in [3.8, 4) is 5.75 Å². The molecule has 1 aliphatic rings. The van der Waals surface area contributed by atoms with Crippen molar-refractivity contribution in [2.75, 3.05) is 5.73 Å². The molecule has 3 nitrogen and oxygen atoms in total. The maximum atomic E-state index is 12.4. The quantitative estimate of drug-likeness (QED) is 0.801. The molecule has 4 heteroatoms. The summed E-state index contributed by atoms with van der Waals surface area (Å²) in [6, 6.07) is 9.21. The Bertz CT molecular complexity index is 723. The molecule has 0 saturated carbocycles. The molecule has 108 valence electrons. The molecule has 0 fully saturated rings. The van der Waals surface area contributed by atoms with Gasteiger partial charge in [0.25, 0.3) is 0 Å². The van der Waals surface area contributed by atoms with E-state index in [4.69, 9.17) is 22.1 Å². The summed E-state index contributed by atoms with van der Waals surface area (Å²) in [5.41, 5.74) is 10.2. The molecule has 0 radical (unpaired) electrons. The first-order valence-corrected chi connectivity index (χ1v) is 7.20. The van der Waals surface area contributed by atoms with Crippen molar-refractivity contribution in [2.45, 2.75) is 26.4 Å². The van der Waals surface area contributed by atoms with E-state index in [-0.39, 0.29) is 11.9 Å². The second-order valence-corrected chi connectivity index (χ2v) is 5.83. The first-order chi connectivity index (χ1) is 9.97. The molecule has 2 N–H and O–H groups in total. The van der Waals surface area contributed by atoms with Gasteiger partial charge in [-0.3, -0.25) is 4.79 Å². The first kappa shape index (κ1) is 14.0. The molecule has 1 unspecified atom stereocenters. The number of Topliss-reactive ketones (excluding diaryl/α,β-unsaturated/α-hetero) is 1. The van der Waals surface area contributed by atoms with Crippen LogP contribution in [0.4, 0.5) is 5.69 Å². The van der Waals surface area contributed by atoms with Crippen LogP contribution in [0.1, 0.15) is 39.6 Å². The fourth-order valence-electron chi connectivity index (χ4n) is 2.58. The third-order valence-electron chi connectivity index (χ3n) is 4.02. The van der Waals surface area contributed by atoms with Gasteiger partial charge >= 0.3 is 0 Å². The van der Waals surface area contributed by atoms with E-state index in [1.165, 1.54) is 0 Å². The summed E-state index contributed by atoms with van der Waals surface area (Å²) < 4.78 is 6.01. The van der Waals surface area contributed by atoms with E-state index >= 15 is 0 Å². The van der Waals surface area contributed by atoms with E-state index < -0.39 is 0 Å². The molecule has 2 aromatic rings. The van der Waals surface area contributed by atoms with E-state index in [0.717, 1.165) is 16.7 Å². The highest BCUT2D eigenvalue weighted by Crippen LogP contribution is 2.41.